The van der Waals surface area contributed by atoms with Crippen LogP contribution in [0.3, 0.4) is 0 Å². The molecule has 1 unspecified atom stereocenters. The molecule has 0 aliphatic carbocycles. The van der Waals surface area contributed by atoms with Gasteiger partial charge in [0.2, 0.25) is 0 Å². The summed E-state index contributed by atoms with van der Waals surface area (Å²) >= 11 is 0. The lowest BCUT2D eigenvalue weighted by Crippen LogP contribution is -2.47. The summed E-state index contributed by atoms with van der Waals surface area (Å²) in [5.41, 5.74) is -0.0178. The minimum Gasteiger partial charge on any atom is -0.469 e. The molecule has 0 spiro atoms. The Balaban J connectivity index is 1.46. The van der Waals surface area contributed by atoms with Crippen LogP contribution in [0.15, 0.2) is 40.0 Å². The fourth-order valence-corrected chi connectivity index (χ4v) is 3.26. The number of anilines is 1. The van der Waals surface area contributed by atoms with Crippen molar-refractivity contribution in [2.75, 3.05) is 18.0 Å². The number of piperidine rings is 1. The van der Waals surface area contributed by atoms with Crippen molar-refractivity contribution in [3.8, 4) is 0 Å². The van der Waals surface area contributed by atoms with Gasteiger partial charge >= 0.3 is 0 Å². The molecule has 0 aromatic carbocycles. The summed E-state index contributed by atoms with van der Waals surface area (Å²) in [4.78, 5) is 18.5. The Morgan fingerprint density at radius 2 is 2.21 bits per heavy atom. The van der Waals surface area contributed by atoms with Gasteiger partial charge in [-0.05, 0) is 38.3 Å². The molecule has 2 aromatic heterocycles. The van der Waals surface area contributed by atoms with Crippen molar-refractivity contribution in [1.29, 1.82) is 0 Å². The molecule has 2 aromatic rings. The quantitative estimate of drug-likeness (QED) is 0.877. The largest absolute Gasteiger partial charge is 0.469 e. The molecule has 0 bridgehead atoms. The second-order valence-corrected chi connectivity index (χ2v) is 6.61. The molecule has 1 N–H and O–H groups in total. The fraction of sp³-hybridized carbons (Fsp3) is 0.556. The lowest BCUT2D eigenvalue weighted by Gasteiger charge is -2.34. The van der Waals surface area contributed by atoms with Crippen LogP contribution in [-0.4, -0.2) is 34.7 Å². The van der Waals surface area contributed by atoms with E-state index in [0.29, 0.717) is 17.9 Å². The zero-order valence-electron chi connectivity index (χ0n) is 14.4. The topological polar surface area (TPSA) is 63.3 Å². The molecular formula is C18H26N4O2. The molecule has 1 atom stereocenters. The number of hydrogen-bond acceptors (Lipinski definition) is 5. The average molecular weight is 330 g/mol. The van der Waals surface area contributed by atoms with Crippen molar-refractivity contribution >= 4 is 5.82 Å². The molecule has 3 rings (SSSR count). The van der Waals surface area contributed by atoms with Crippen LogP contribution < -0.4 is 15.8 Å². The molecule has 1 aliphatic heterocycles. The van der Waals surface area contributed by atoms with E-state index < -0.39 is 0 Å². The number of hydrogen-bond donors (Lipinski definition) is 1. The first-order valence-corrected chi connectivity index (χ1v) is 8.68. The van der Waals surface area contributed by atoms with E-state index in [1.807, 2.05) is 12.1 Å². The maximum Gasteiger partial charge on any atom is 0.293 e. The molecule has 6 nitrogen and oxygen atoms in total. The summed E-state index contributed by atoms with van der Waals surface area (Å²) < 4.78 is 6.97. The van der Waals surface area contributed by atoms with Gasteiger partial charge in [0, 0.05) is 51.0 Å². The third-order valence-electron chi connectivity index (χ3n) is 4.72. The van der Waals surface area contributed by atoms with E-state index in [9.17, 15) is 4.79 Å². The highest BCUT2D eigenvalue weighted by atomic mass is 16.3. The van der Waals surface area contributed by atoms with E-state index in [2.05, 4.69) is 22.1 Å². The molecular weight excluding hydrogens is 304 g/mol. The molecule has 24 heavy (non-hydrogen) atoms. The molecule has 1 saturated heterocycles. The van der Waals surface area contributed by atoms with Gasteiger partial charge in [0.15, 0.2) is 5.82 Å². The van der Waals surface area contributed by atoms with Gasteiger partial charge in [-0.1, -0.05) is 0 Å². The van der Waals surface area contributed by atoms with Crippen molar-refractivity contribution in [3.05, 3.63) is 46.9 Å². The van der Waals surface area contributed by atoms with Gasteiger partial charge in [0.05, 0.1) is 6.26 Å². The van der Waals surface area contributed by atoms with Gasteiger partial charge in [-0.2, -0.15) is 0 Å². The minimum atomic E-state index is -0.0178. The molecule has 0 radical (unpaired) electrons. The Morgan fingerprint density at radius 3 is 2.92 bits per heavy atom. The van der Waals surface area contributed by atoms with Crippen LogP contribution in [-0.2, 0) is 13.5 Å². The first-order chi connectivity index (χ1) is 11.6. The zero-order valence-corrected chi connectivity index (χ0v) is 14.4. The number of aryl methyl sites for hydroxylation is 2. The monoisotopic (exact) mass is 330 g/mol. The van der Waals surface area contributed by atoms with Gasteiger partial charge < -0.3 is 19.2 Å². The van der Waals surface area contributed by atoms with Crippen LogP contribution in [0.25, 0.3) is 0 Å². The van der Waals surface area contributed by atoms with Crippen molar-refractivity contribution in [2.45, 2.75) is 44.7 Å². The standard InChI is InChI=1S/C18H26N4O2/c1-14(5-6-16-4-3-13-24-16)20-15-7-10-22(11-8-15)17-18(23)21(2)12-9-19-17/h3-4,9,12-15,20H,5-8,10-11H2,1-2H3. The van der Waals surface area contributed by atoms with Crippen LogP contribution in [0, 0.1) is 0 Å². The van der Waals surface area contributed by atoms with E-state index in [-0.39, 0.29) is 5.56 Å². The maximum atomic E-state index is 12.2. The number of rotatable bonds is 6. The number of nitrogens with zero attached hydrogens (tertiary/aromatic N) is 3. The minimum absolute atomic E-state index is 0.0178. The Kier molecular flexibility index (Phi) is 5.35. The molecule has 0 amide bonds. The van der Waals surface area contributed by atoms with E-state index in [0.717, 1.165) is 44.5 Å². The van der Waals surface area contributed by atoms with Crippen LogP contribution in [0.5, 0.6) is 0 Å². The lowest BCUT2D eigenvalue weighted by atomic mass is 10.0. The summed E-state index contributed by atoms with van der Waals surface area (Å²) in [5, 5.41) is 3.71. The summed E-state index contributed by atoms with van der Waals surface area (Å²) in [7, 11) is 1.77. The zero-order chi connectivity index (χ0) is 16.9. The predicted molar refractivity (Wildman–Crippen MR) is 94.3 cm³/mol. The number of nitrogens with one attached hydrogen (secondary N) is 1. The first kappa shape index (κ1) is 16.8. The number of aromatic nitrogens is 2. The number of furan rings is 1. The lowest BCUT2D eigenvalue weighted by molar-refractivity contribution is 0.360. The Bertz CT molecular complexity index is 687. The van der Waals surface area contributed by atoms with Gasteiger partial charge in [0.25, 0.3) is 5.56 Å². The Labute approximate surface area is 142 Å². The average Bonchev–Trinajstić information content (AvgIpc) is 3.10. The first-order valence-electron chi connectivity index (χ1n) is 8.68. The maximum absolute atomic E-state index is 12.2. The Morgan fingerprint density at radius 1 is 1.42 bits per heavy atom. The SMILES string of the molecule is CC(CCc1ccco1)NC1CCN(c2nccn(C)c2=O)CC1. The highest BCUT2D eigenvalue weighted by Crippen LogP contribution is 2.16. The van der Waals surface area contributed by atoms with Gasteiger partial charge in [-0.15, -0.1) is 0 Å². The van der Waals surface area contributed by atoms with Gasteiger partial charge in [0.1, 0.15) is 5.76 Å². The van der Waals surface area contributed by atoms with E-state index in [4.69, 9.17) is 4.42 Å². The third-order valence-corrected chi connectivity index (χ3v) is 4.72. The van der Waals surface area contributed by atoms with Crippen LogP contribution >= 0.6 is 0 Å². The summed E-state index contributed by atoms with van der Waals surface area (Å²) in [6.07, 6.45) is 9.21. The molecule has 6 heteroatoms. The molecule has 1 aliphatic rings. The van der Waals surface area contributed by atoms with E-state index >= 15 is 0 Å². The normalized spacial score (nSPS) is 17.2. The summed E-state index contributed by atoms with van der Waals surface area (Å²) in [6, 6.07) is 4.92. The second kappa shape index (κ2) is 7.66. The molecule has 0 saturated carbocycles. The second-order valence-electron chi connectivity index (χ2n) is 6.61. The summed E-state index contributed by atoms with van der Waals surface area (Å²) in [6.45, 7) is 3.97. The van der Waals surface area contributed by atoms with Crippen molar-refractivity contribution in [3.63, 3.8) is 0 Å². The van der Waals surface area contributed by atoms with Crippen LogP contribution in [0.4, 0.5) is 5.82 Å². The fourth-order valence-electron chi connectivity index (χ4n) is 3.26. The predicted octanol–water partition coefficient (Wildman–Crippen LogP) is 1.95. The molecule has 1 fully saturated rings. The van der Waals surface area contributed by atoms with Crippen molar-refractivity contribution in [1.82, 2.24) is 14.9 Å². The van der Waals surface area contributed by atoms with Gasteiger partial charge in [-0.3, -0.25) is 4.79 Å². The van der Waals surface area contributed by atoms with E-state index in [1.54, 1.807) is 30.3 Å². The Hall–Kier alpha value is -2.08. The summed E-state index contributed by atoms with van der Waals surface area (Å²) in [5.74, 6) is 1.62. The van der Waals surface area contributed by atoms with Crippen molar-refractivity contribution < 1.29 is 4.42 Å². The van der Waals surface area contributed by atoms with Crippen LogP contribution in [0.2, 0.25) is 0 Å². The van der Waals surface area contributed by atoms with Crippen LogP contribution in [0.1, 0.15) is 31.9 Å². The smallest absolute Gasteiger partial charge is 0.293 e. The third kappa shape index (κ3) is 4.06. The van der Waals surface area contributed by atoms with E-state index in [1.165, 1.54) is 0 Å². The van der Waals surface area contributed by atoms with Gasteiger partial charge in [-0.25, -0.2) is 4.98 Å². The highest BCUT2D eigenvalue weighted by Gasteiger charge is 2.23. The molecule has 130 valence electrons. The highest BCUT2D eigenvalue weighted by molar-refractivity contribution is 5.36. The van der Waals surface area contributed by atoms with Crippen molar-refractivity contribution in [2.24, 2.45) is 7.05 Å². The molecule has 3 heterocycles.